The van der Waals surface area contributed by atoms with Crippen molar-refractivity contribution >= 4 is 17.7 Å². The summed E-state index contributed by atoms with van der Waals surface area (Å²) in [4.78, 5) is 14.2. The van der Waals surface area contributed by atoms with E-state index in [1.54, 1.807) is 17.1 Å². The molecule has 0 bridgehead atoms. The van der Waals surface area contributed by atoms with Gasteiger partial charge in [0.25, 0.3) is 0 Å². The number of hydrogen-bond acceptors (Lipinski definition) is 4. The molecule has 0 spiro atoms. The molecular weight excluding hydrogens is 274 g/mol. The fourth-order valence-corrected chi connectivity index (χ4v) is 3.53. The summed E-state index contributed by atoms with van der Waals surface area (Å²) in [5, 5.41) is 4.43. The van der Waals surface area contributed by atoms with Crippen LogP contribution in [-0.4, -0.2) is 39.4 Å². The molecular formula is C14H17N3O2S. The van der Waals surface area contributed by atoms with Gasteiger partial charge in [0.15, 0.2) is 0 Å². The third-order valence-electron chi connectivity index (χ3n) is 3.41. The molecule has 1 fully saturated rings. The van der Waals surface area contributed by atoms with Gasteiger partial charge in [0.05, 0.1) is 11.5 Å². The number of furan rings is 1. The second-order valence-corrected chi connectivity index (χ2v) is 6.06. The van der Waals surface area contributed by atoms with E-state index in [2.05, 4.69) is 5.10 Å². The Labute approximate surface area is 121 Å². The van der Waals surface area contributed by atoms with Crippen LogP contribution in [0, 0.1) is 0 Å². The predicted molar refractivity (Wildman–Crippen MR) is 77.3 cm³/mol. The van der Waals surface area contributed by atoms with Crippen molar-refractivity contribution in [3.63, 3.8) is 0 Å². The summed E-state index contributed by atoms with van der Waals surface area (Å²) in [6.45, 7) is 1.89. The summed E-state index contributed by atoms with van der Waals surface area (Å²) in [6, 6.07) is 5.76. The fourth-order valence-electron chi connectivity index (χ4n) is 2.35. The highest BCUT2D eigenvalue weighted by molar-refractivity contribution is 7.99. The van der Waals surface area contributed by atoms with E-state index in [1.165, 1.54) is 0 Å². The smallest absolute Gasteiger partial charge is 0.244 e. The molecule has 1 saturated heterocycles. The SMILES string of the molecule is O=C(Cn1cccn1)N1CCS[C@H](c2ccco2)CC1. The normalized spacial score (nSPS) is 19.8. The van der Waals surface area contributed by atoms with Crippen molar-refractivity contribution in [1.29, 1.82) is 0 Å². The van der Waals surface area contributed by atoms with Gasteiger partial charge in [-0.25, -0.2) is 0 Å². The Morgan fingerprint density at radius 3 is 3.15 bits per heavy atom. The zero-order chi connectivity index (χ0) is 13.8. The molecule has 0 aliphatic carbocycles. The van der Waals surface area contributed by atoms with Crippen LogP contribution in [0.1, 0.15) is 17.4 Å². The van der Waals surface area contributed by atoms with Gasteiger partial charge in [0.2, 0.25) is 5.91 Å². The minimum atomic E-state index is 0.134. The maximum absolute atomic E-state index is 12.2. The molecule has 20 heavy (non-hydrogen) atoms. The number of rotatable bonds is 3. The Morgan fingerprint density at radius 2 is 2.40 bits per heavy atom. The molecule has 0 aromatic carbocycles. The molecule has 2 aromatic heterocycles. The van der Waals surface area contributed by atoms with Crippen LogP contribution in [0.4, 0.5) is 0 Å². The Balaban J connectivity index is 1.58. The zero-order valence-corrected chi connectivity index (χ0v) is 12.0. The molecule has 6 heteroatoms. The van der Waals surface area contributed by atoms with Gasteiger partial charge >= 0.3 is 0 Å². The topological polar surface area (TPSA) is 51.3 Å². The van der Waals surface area contributed by atoms with E-state index < -0.39 is 0 Å². The van der Waals surface area contributed by atoms with E-state index in [1.807, 2.05) is 41.1 Å². The quantitative estimate of drug-likeness (QED) is 0.870. The first-order valence-corrected chi connectivity index (χ1v) is 7.78. The highest BCUT2D eigenvalue weighted by Gasteiger charge is 2.23. The van der Waals surface area contributed by atoms with Gasteiger partial charge in [-0.2, -0.15) is 5.10 Å². The number of nitrogens with zero attached hydrogens (tertiary/aromatic N) is 3. The molecule has 0 unspecified atom stereocenters. The van der Waals surface area contributed by atoms with Crippen LogP contribution in [0.5, 0.6) is 0 Å². The molecule has 1 atom stereocenters. The first-order chi connectivity index (χ1) is 9.83. The fraction of sp³-hybridized carbons (Fsp3) is 0.429. The molecule has 3 heterocycles. The van der Waals surface area contributed by atoms with Crippen LogP contribution in [0.3, 0.4) is 0 Å². The van der Waals surface area contributed by atoms with Crippen LogP contribution in [0.25, 0.3) is 0 Å². The van der Waals surface area contributed by atoms with Gasteiger partial charge < -0.3 is 9.32 Å². The summed E-state index contributed by atoms with van der Waals surface area (Å²) < 4.78 is 7.14. The minimum absolute atomic E-state index is 0.134. The van der Waals surface area contributed by atoms with Crippen molar-refractivity contribution in [2.45, 2.75) is 18.2 Å². The maximum Gasteiger partial charge on any atom is 0.244 e. The van der Waals surface area contributed by atoms with Crippen molar-refractivity contribution in [1.82, 2.24) is 14.7 Å². The summed E-state index contributed by atoms with van der Waals surface area (Å²) in [7, 11) is 0. The summed E-state index contributed by atoms with van der Waals surface area (Å²) in [5.74, 6) is 2.08. The van der Waals surface area contributed by atoms with Crippen molar-refractivity contribution < 1.29 is 9.21 Å². The van der Waals surface area contributed by atoms with Crippen molar-refractivity contribution in [2.24, 2.45) is 0 Å². The first-order valence-electron chi connectivity index (χ1n) is 6.73. The average Bonchev–Trinajstić information content (AvgIpc) is 3.09. The van der Waals surface area contributed by atoms with Crippen LogP contribution in [0.15, 0.2) is 41.3 Å². The van der Waals surface area contributed by atoms with Crippen LogP contribution in [-0.2, 0) is 11.3 Å². The second kappa shape index (κ2) is 6.17. The highest BCUT2D eigenvalue weighted by Crippen LogP contribution is 2.34. The van der Waals surface area contributed by atoms with Gasteiger partial charge in [-0.15, -0.1) is 11.8 Å². The molecule has 1 amide bonds. The molecule has 3 rings (SSSR count). The van der Waals surface area contributed by atoms with Crippen LogP contribution < -0.4 is 0 Å². The minimum Gasteiger partial charge on any atom is -0.468 e. The second-order valence-electron chi connectivity index (χ2n) is 4.75. The Morgan fingerprint density at radius 1 is 1.45 bits per heavy atom. The lowest BCUT2D eigenvalue weighted by atomic mass is 10.2. The molecule has 0 radical (unpaired) electrons. The number of thioether (sulfide) groups is 1. The number of aromatic nitrogens is 2. The Bertz CT molecular complexity index is 539. The lowest BCUT2D eigenvalue weighted by molar-refractivity contribution is -0.131. The van der Waals surface area contributed by atoms with E-state index in [9.17, 15) is 4.79 Å². The number of carbonyl (C=O) groups excluding carboxylic acids is 1. The summed E-state index contributed by atoms with van der Waals surface area (Å²) >= 11 is 1.86. The van der Waals surface area contributed by atoms with Crippen LogP contribution in [0.2, 0.25) is 0 Å². The highest BCUT2D eigenvalue weighted by atomic mass is 32.2. The van der Waals surface area contributed by atoms with Crippen molar-refractivity contribution in [2.75, 3.05) is 18.8 Å². The molecule has 0 N–H and O–H groups in total. The van der Waals surface area contributed by atoms with E-state index in [0.29, 0.717) is 11.8 Å². The standard InChI is InChI=1S/C14H17N3O2S/c18-14(11-17-6-2-5-15-17)16-7-4-13(20-10-8-16)12-3-1-9-19-12/h1-3,5-6,9,13H,4,7-8,10-11H2/t13-/m0/s1. The molecule has 0 saturated carbocycles. The van der Waals surface area contributed by atoms with E-state index >= 15 is 0 Å². The predicted octanol–water partition coefficient (Wildman–Crippen LogP) is 2.18. The van der Waals surface area contributed by atoms with Crippen molar-refractivity contribution in [3.8, 4) is 0 Å². The Kier molecular flexibility index (Phi) is 4.11. The number of hydrogen-bond donors (Lipinski definition) is 0. The van der Waals surface area contributed by atoms with E-state index in [0.717, 1.165) is 31.0 Å². The number of amides is 1. The molecule has 5 nitrogen and oxygen atoms in total. The lowest BCUT2D eigenvalue weighted by Gasteiger charge is -2.20. The van der Waals surface area contributed by atoms with Gasteiger partial charge in [0, 0.05) is 31.2 Å². The zero-order valence-electron chi connectivity index (χ0n) is 11.1. The largest absolute Gasteiger partial charge is 0.468 e. The monoisotopic (exact) mass is 291 g/mol. The third kappa shape index (κ3) is 3.07. The van der Waals surface area contributed by atoms with Gasteiger partial charge in [-0.3, -0.25) is 9.48 Å². The van der Waals surface area contributed by atoms with E-state index in [4.69, 9.17) is 4.42 Å². The lowest BCUT2D eigenvalue weighted by Crippen LogP contribution is -2.35. The average molecular weight is 291 g/mol. The van der Waals surface area contributed by atoms with Gasteiger partial charge in [0.1, 0.15) is 12.3 Å². The third-order valence-corrected chi connectivity index (χ3v) is 4.70. The first kappa shape index (κ1) is 13.3. The number of carbonyl (C=O) groups is 1. The molecule has 2 aromatic rings. The molecule has 1 aliphatic heterocycles. The van der Waals surface area contributed by atoms with E-state index in [-0.39, 0.29) is 5.91 Å². The molecule has 106 valence electrons. The van der Waals surface area contributed by atoms with Crippen LogP contribution >= 0.6 is 11.8 Å². The van der Waals surface area contributed by atoms with Crippen molar-refractivity contribution in [3.05, 3.63) is 42.6 Å². The summed E-state index contributed by atoms with van der Waals surface area (Å²) in [6.07, 6.45) is 6.15. The summed E-state index contributed by atoms with van der Waals surface area (Å²) in [5.41, 5.74) is 0. The Hall–Kier alpha value is -1.69. The van der Waals surface area contributed by atoms with Gasteiger partial charge in [-0.05, 0) is 24.6 Å². The van der Waals surface area contributed by atoms with Gasteiger partial charge in [-0.1, -0.05) is 0 Å². The molecule has 1 aliphatic rings. The maximum atomic E-state index is 12.2.